The van der Waals surface area contributed by atoms with E-state index in [4.69, 9.17) is 39.7 Å². The summed E-state index contributed by atoms with van der Waals surface area (Å²) >= 11 is 0. The molecule has 71 heavy (non-hydrogen) atoms. The van der Waals surface area contributed by atoms with Gasteiger partial charge in [-0.15, -0.1) is 0 Å². The molecule has 2 rings (SSSR count). The van der Waals surface area contributed by atoms with Crippen LogP contribution in [-0.4, -0.2) is 183 Å². The van der Waals surface area contributed by atoms with Crippen molar-refractivity contribution < 1.29 is 72.8 Å². The van der Waals surface area contributed by atoms with Crippen LogP contribution < -0.4 is 16.0 Å². The molecule has 1 aliphatic heterocycles. The Morgan fingerprint density at radius 1 is 0.831 bits per heavy atom. The minimum Gasteiger partial charge on any atom is -0.463 e. The first-order valence-electron chi connectivity index (χ1n) is 23.7. The zero-order valence-corrected chi connectivity index (χ0v) is 44.2. The lowest BCUT2D eigenvalue weighted by Gasteiger charge is -2.50. The van der Waals surface area contributed by atoms with Crippen LogP contribution in [0.2, 0.25) is 0 Å². The summed E-state index contributed by atoms with van der Waals surface area (Å²) in [7, 11) is 3.26. The Bertz CT molecular complexity index is 1860. The molecule has 0 bridgehead atoms. The fourth-order valence-corrected chi connectivity index (χ4v) is 9.63. The van der Waals surface area contributed by atoms with Gasteiger partial charge in [-0.05, 0) is 62.5 Å². The maximum atomic E-state index is 14.6. The third-order valence-corrected chi connectivity index (χ3v) is 15.1. The van der Waals surface area contributed by atoms with Gasteiger partial charge < -0.3 is 74.4 Å². The van der Waals surface area contributed by atoms with E-state index in [2.05, 4.69) is 31.8 Å². The summed E-state index contributed by atoms with van der Waals surface area (Å²) in [5, 5.41) is 59.2. The summed E-state index contributed by atoms with van der Waals surface area (Å²) in [4.78, 5) is 61.3. The minimum atomic E-state index is -1.48. The van der Waals surface area contributed by atoms with E-state index in [0.717, 1.165) is 10.8 Å². The van der Waals surface area contributed by atoms with Crippen molar-refractivity contribution in [2.45, 2.75) is 122 Å². The van der Waals surface area contributed by atoms with Crippen molar-refractivity contribution in [1.82, 2.24) is 20.9 Å². The predicted octanol–water partition coefficient (Wildman–Crippen LogP) is 2.44. The summed E-state index contributed by atoms with van der Waals surface area (Å²) in [6.07, 6.45) is -3.72. The molecule has 0 aliphatic carbocycles. The average molecular weight is 1040 g/mol. The first-order valence-corrected chi connectivity index (χ1v) is 26.0. The fraction of sp³-hybridized carbons (Fsp3) is 0.771. The molecule has 1 fully saturated rings. The Morgan fingerprint density at radius 2 is 1.44 bits per heavy atom. The molecule has 3 amide bonds. The van der Waals surface area contributed by atoms with Crippen LogP contribution in [0.15, 0.2) is 29.4 Å². The number of amides is 3. The van der Waals surface area contributed by atoms with Gasteiger partial charge in [-0.25, -0.2) is 11.6 Å². The third kappa shape index (κ3) is 20.6. The van der Waals surface area contributed by atoms with E-state index in [1.165, 1.54) is 6.92 Å². The van der Waals surface area contributed by atoms with Crippen LogP contribution in [-0.2, 0) is 52.3 Å². The minimum absolute atomic E-state index is 0.000731. The number of hydrogen-bond acceptors (Lipinski definition) is 19. The number of aliphatic hydroxyl groups is 4. The summed E-state index contributed by atoms with van der Waals surface area (Å²) in [6.45, 7) is 22.5. The number of esters is 1. The highest BCUT2D eigenvalue weighted by molar-refractivity contribution is 8.76. The van der Waals surface area contributed by atoms with E-state index < -0.39 is 88.1 Å². The van der Waals surface area contributed by atoms with Gasteiger partial charge in [0.2, 0.25) is 23.3 Å². The van der Waals surface area contributed by atoms with E-state index in [0.29, 0.717) is 26.4 Å². The molecule has 2 heterocycles. The molecule has 8 atom stereocenters. The number of rotatable bonds is 36. The van der Waals surface area contributed by atoms with Crippen LogP contribution in [0.3, 0.4) is 0 Å². The molecule has 0 aromatic carbocycles. The van der Waals surface area contributed by atoms with Crippen molar-refractivity contribution in [3.05, 3.63) is 35.8 Å². The first-order chi connectivity index (χ1) is 33.6. The number of pyridine rings is 1. The average Bonchev–Trinajstić information content (AvgIpc) is 3.34. The number of carbonyl (C=O) groups excluding carboxylic acids is 4. The topological polar surface area (TPSA) is 291 Å². The van der Waals surface area contributed by atoms with Crippen LogP contribution in [0.5, 0.6) is 0 Å². The van der Waals surface area contributed by atoms with Crippen molar-refractivity contribution in [1.29, 1.82) is 5.26 Å². The second-order valence-corrected chi connectivity index (χ2v) is 21.5. The van der Waals surface area contributed by atoms with Gasteiger partial charge in [-0.1, -0.05) is 30.7 Å². The molecule has 0 spiro atoms. The van der Waals surface area contributed by atoms with E-state index in [1.54, 1.807) is 76.3 Å². The number of carbonyl (C=O) groups is 4. The number of nitriles is 1. The van der Waals surface area contributed by atoms with Gasteiger partial charge in [0.05, 0.1) is 101 Å². The zero-order valence-electron chi connectivity index (χ0n) is 42.6. The van der Waals surface area contributed by atoms with Crippen molar-refractivity contribution in [3.63, 3.8) is 0 Å². The van der Waals surface area contributed by atoms with Gasteiger partial charge in [-0.2, -0.15) is 5.26 Å². The molecule has 1 aliphatic rings. The molecule has 1 aromatic rings. The van der Waals surface area contributed by atoms with E-state index in [9.17, 15) is 44.9 Å². The molecular weight excluding hydrogens is 965 g/mol. The normalized spacial score (nSPS) is 20.8. The van der Waals surface area contributed by atoms with E-state index in [1.807, 2.05) is 18.2 Å². The summed E-state index contributed by atoms with van der Waals surface area (Å²) in [5.41, 5.74) is -6.42. The monoisotopic (exact) mass is 1040 g/mol. The smallest absolute Gasteiger partial charge is 0.306 e. The van der Waals surface area contributed by atoms with Crippen LogP contribution in [0.1, 0.15) is 81.1 Å². The van der Waals surface area contributed by atoms with Crippen molar-refractivity contribution >= 4 is 45.3 Å². The van der Waals surface area contributed by atoms with Gasteiger partial charge in [0.25, 0.3) is 0 Å². The SMILES string of the molecule is [C-]#[N+]C(C)(CCC(=O)OCCOCCOCCOCCSSc1ccccn1)CC(C)(C(=O)NCCOCCO[C@@H]1O[C@H](CO)[C@H](O)[C@H](O)[C@H]1NC(C)=O)C(C)(C)CC(C)(C(=O)NCCO)C(C)(C)C#N. The van der Waals surface area contributed by atoms with Crippen LogP contribution >= 0.6 is 21.6 Å². The maximum absolute atomic E-state index is 14.6. The van der Waals surface area contributed by atoms with Crippen molar-refractivity contribution in [2.24, 2.45) is 21.7 Å². The lowest BCUT2D eigenvalue weighted by Crippen LogP contribution is -2.64. The standard InChI is InChI=1S/C48H78N6O15S2/c1-34(57)54-38-40(60)39(59)35(30-56)69-41(38)68-27-25-63-19-17-53-43(62)48(8,44(2,3)31-47(7,45(4,5)33-49)42(61)52-16-18-55)32-46(6,50-9)14-13-37(58)67-26-24-65-21-20-64-22-23-66-28-29-70-71-36-12-10-11-15-51-36/h10-12,15,35,38-41,55-56,59-60H,13-14,16-32H2,1-8H3,(H,52,61)(H,53,62)(H,54,57)/t35-,38-,39+,40-,41-,46?,47?,48?/m1/s1. The Labute approximate surface area is 426 Å². The van der Waals surface area contributed by atoms with Gasteiger partial charge in [-0.3, -0.25) is 19.2 Å². The van der Waals surface area contributed by atoms with Crippen LogP contribution in [0.25, 0.3) is 4.85 Å². The lowest BCUT2D eigenvalue weighted by atomic mass is 9.52. The fourth-order valence-electron chi connectivity index (χ4n) is 7.89. The molecule has 1 saturated heterocycles. The Balaban J connectivity index is 2.01. The molecule has 23 heteroatoms. The van der Waals surface area contributed by atoms with Crippen molar-refractivity contribution in [3.8, 4) is 6.07 Å². The number of ether oxygens (including phenoxy) is 7. The van der Waals surface area contributed by atoms with Crippen LogP contribution in [0, 0.1) is 39.6 Å². The summed E-state index contributed by atoms with van der Waals surface area (Å²) in [5.74, 6) is -1.20. The molecular formula is C48H78N6O15S2. The largest absolute Gasteiger partial charge is 0.463 e. The zero-order chi connectivity index (χ0) is 53.1. The number of hydrogen-bond donors (Lipinski definition) is 7. The Kier molecular flexibility index (Phi) is 28.4. The quantitative estimate of drug-likeness (QED) is 0.0220. The molecule has 0 radical (unpaired) electrons. The first kappa shape index (κ1) is 63.4. The number of aromatic nitrogens is 1. The van der Waals surface area contributed by atoms with E-state index in [-0.39, 0.29) is 85.0 Å². The van der Waals surface area contributed by atoms with Gasteiger partial charge in [0.1, 0.15) is 36.0 Å². The highest BCUT2D eigenvalue weighted by Crippen LogP contribution is 2.56. The molecule has 1 aromatic heterocycles. The van der Waals surface area contributed by atoms with Gasteiger partial charge in [0.15, 0.2) is 6.29 Å². The summed E-state index contributed by atoms with van der Waals surface area (Å²) in [6, 6.07) is 6.89. The predicted molar refractivity (Wildman–Crippen MR) is 264 cm³/mol. The van der Waals surface area contributed by atoms with Gasteiger partial charge in [0, 0.05) is 51.7 Å². The lowest BCUT2D eigenvalue weighted by molar-refractivity contribution is -0.272. The van der Waals surface area contributed by atoms with Crippen molar-refractivity contribution in [2.75, 3.05) is 98.1 Å². The maximum Gasteiger partial charge on any atom is 0.306 e. The Morgan fingerprint density at radius 3 is 2.03 bits per heavy atom. The molecule has 21 nitrogen and oxygen atoms in total. The molecule has 402 valence electrons. The third-order valence-electron chi connectivity index (χ3n) is 12.8. The molecule has 3 unspecified atom stereocenters. The Hall–Kier alpha value is -3.69. The number of nitrogens with one attached hydrogen (secondary N) is 3. The number of nitrogens with zero attached hydrogens (tertiary/aromatic N) is 3. The van der Waals surface area contributed by atoms with E-state index >= 15 is 0 Å². The van der Waals surface area contributed by atoms with Crippen LogP contribution in [0.4, 0.5) is 0 Å². The highest BCUT2D eigenvalue weighted by atomic mass is 33.1. The summed E-state index contributed by atoms with van der Waals surface area (Å²) < 4.78 is 39.1. The molecule has 0 saturated carbocycles. The second kappa shape index (κ2) is 31.8. The second-order valence-electron chi connectivity index (χ2n) is 19.0. The van der Waals surface area contributed by atoms with Gasteiger partial charge >= 0.3 is 5.97 Å². The molecule has 7 N–H and O–H groups in total. The highest BCUT2D eigenvalue weighted by Gasteiger charge is 2.59. The number of aliphatic hydroxyl groups excluding tert-OH is 4.